The van der Waals surface area contributed by atoms with Gasteiger partial charge in [-0.2, -0.15) is 13.2 Å². The van der Waals surface area contributed by atoms with Crippen LogP contribution in [0.3, 0.4) is 0 Å². The van der Waals surface area contributed by atoms with E-state index in [1.807, 2.05) is 24.3 Å². The van der Waals surface area contributed by atoms with Gasteiger partial charge in [-0.25, -0.2) is 4.98 Å². The molecular weight excluding hydrogens is 407 g/mol. The Labute approximate surface area is 178 Å². The molecule has 1 aliphatic heterocycles. The SMILES string of the molecule is C[N+]1(C)CCN(C(=O)C(Nc2nc3ccccc3[nH]2)c2cccc(C(F)(F)F)c2)CC1. The van der Waals surface area contributed by atoms with Crippen molar-refractivity contribution in [2.45, 2.75) is 12.2 Å². The molecule has 3 aromatic rings. The average molecular weight is 432 g/mol. The summed E-state index contributed by atoms with van der Waals surface area (Å²) in [5.41, 5.74) is 0.944. The van der Waals surface area contributed by atoms with Crippen LogP contribution >= 0.6 is 0 Å². The summed E-state index contributed by atoms with van der Waals surface area (Å²) in [6.07, 6.45) is -4.49. The van der Waals surface area contributed by atoms with Crippen molar-refractivity contribution >= 4 is 22.9 Å². The van der Waals surface area contributed by atoms with Crippen LogP contribution in [0.5, 0.6) is 0 Å². The summed E-state index contributed by atoms with van der Waals surface area (Å²) in [4.78, 5) is 22.7. The molecule has 0 saturated carbocycles. The molecular formula is C22H25F3N5O+. The zero-order chi connectivity index (χ0) is 22.2. The number of carbonyl (C=O) groups is 1. The summed E-state index contributed by atoms with van der Waals surface area (Å²) in [5, 5.41) is 3.05. The van der Waals surface area contributed by atoms with Gasteiger partial charge in [0.2, 0.25) is 11.9 Å². The highest BCUT2D eigenvalue weighted by molar-refractivity contribution is 5.86. The van der Waals surface area contributed by atoms with Gasteiger partial charge in [0.05, 0.1) is 56.9 Å². The topological polar surface area (TPSA) is 61.0 Å². The molecule has 1 unspecified atom stereocenters. The lowest BCUT2D eigenvalue weighted by molar-refractivity contribution is -0.894. The second kappa shape index (κ2) is 7.88. The number of amides is 1. The number of aromatic amines is 1. The van der Waals surface area contributed by atoms with Gasteiger partial charge in [0.25, 0.3) is 0 Å². The Hall–Kier alpha value is -3.07. The van der Waals surface area contributed by atoms with E-state index in [2.05, 4.69) is 29.4 Å². The summed E-state index contributed by atoms with van der Waals surface area (Å²) in [6, 6.07) is 11.3. The molecule has 4 rings (SSSR count). The van der Waals surface area contributed by atoms with E-state index in [1.165, 1.54) is 12.1 Å². The Morgan fingerprint density at radius 3 is 2.52 bits per heavy atom. The number of likely N-dealkylation sites (N-methyl/N-ethyl adjacent to an activating group) is 1. The second-order valence-corrected chi connectivity index (χ2v) is 8.51. The minimum absolute atomic E-state index is 0.250. The Bertz CT molecular complexity index is 1050. The van der Waals surface area contributed by atoms with Crippen LogP contribution in [0.15, 0.2) is 48.5 Å². The number of halogens is 3. The van der Waals surface area contributed by atoms with Crippen LogP contribution in [0.1, 0.15) is 17.2 Å². The van der Waals surface area contributed by atoms with Crippen molar-refractivity contribution < 1.29 is 22.4 Å². The van der Waals surface area contributed by atoms with Crippen LogP contribution in [-0.2, 0) is 11.0 Å². The number of benzene rings is 2. The molecule has 1 aliphatic rings. The molecule has 0 spiro atoms. The lowest BCUT2D eigenvalue weighted by Gasteiger charge is -2.40. The number of alkyl halides is 3. The van der Waals surface area contributed by atoms with Crippen molar-refractivity contribution in [1.29, 1.82) is 0 Å². The molecule has 31 heavy (non-hydrogen) atoms. The van der Waals surface area contributed by atoms with E-state index in [9.17, 15) is 18.0 Å². The maximum Gasteiger partial charge on any atom is 0.416 e. The Morgan fingerprint density at radius 1 is 1.13 bits per heavy atom. The lowest BCUT2D eigenvalue weighted by Crippen LogP contribution is -2.57. The summed E-state index contributed by atoms with van der Waals surface area (Å²) >= 11 is 0. The maximum atomic E-state index is 13.4. The van der Waals surface area contributed by atoms with Crippen molar-refractivity contribution in [1.82, 2.24) is 14.9 Å². The number of para-hydroxylation sites is 2. The number of quaternary nitrogens is 1. The third-order valence-electron chi connectivity index (χ3n) is 5.73. The molecule has 2 N–H and O–H groups in total. The molecule has 1 amide bonds. The molecule has 1 atom stereocenters. The number of carbonyl (C=O) groups excluding carboxylic acids is 1. The number of nitrogens with zero attached hydrogens (tertiary/aromatic N) is 3. The van der Waals surface area contributed by atoms with E-state index in [-0.39, 0.29) is 11.5 Å². The molecule has 1 fully saturated rings. The molecule has 2 heterocycles. The van der Waals surface area contributed by atoms with E-state index >= 15 is 0 Å². The molecule has 0 bridgehead atoms. The fourth-order valence-electron chi connectivity index (χ4n) is 3.75. The van der Waals surface area contributed by atoms with Gasteiger partial charge in [-0.3, -0.25) is 4.79 Å². The third kappa shape index (κ3) is 4.66. The van der Waals surface area contributed by atoms with E-state index in [4.69, 9.17) is 0 Å². The number of aromatic nitrogens is 2. The second-order valence-electron chi connectivity index (χ2n) is 8.51. The maximum absolute atomic E-state index is 13.4. The first-order valence-corrected chi connectivity index (χ1v) is 10.1. The number of hydrogen-bond acceptors (Lipinski definition) is 3. The highest BCUT2D eigenvalue weighted by atomic mass is 19.4. The third-order valence-corrected chi connectivity index (χ3v) is 5.73. The predicted molar refractivity (Wildman–Crippen MR) is 112 cm³/mol. The van der Waals surface area contributed by atoms with Crippen molar-refractivity contribution in [3.05, 3.63) is 59.7 Å². The molecule has 1 aromatic heterocycles. The number of rotatable bonds is 4. The minimum atomic E-state index is -4.49. The smallest absolute Gasteiger partial charge is 0.340 e. The number of anilines is 1. The zero-order valence-corrected chi connectivity index (χ0v) is 17.4. The Morgan fingerprint density at radius 2 is 1.84 bits per heavy atom. The first-order valence-electron chi connectivity index (χ1n) is 10.1. The van der Waals surface area contributed by atoms with E-state index in [1.54, 1.807) is 4.90 Å². The molecule has 9 heteroatoms. The summed E-state index contributed by atoms with van der Waals surface area (Å²) in [5.74, 6) is 0.0737. The number of nitrogens with one attached hydrogen (secondary N) is 2. The average Bonchev–Trinajstić information content (AvgIpc) is 3.14. The van der Waals surface area contributed by atoms with Gasteiger partial charge in [-0.15, -0.1) is 0 Å². The number of imidazole rings is 1. The van der Waals surface area contributed by atoms with Gasteiger partial charge >= 0.3 is 6.18 Å². The van der Waals surface area contributed by atoms with Crippen LogP contribution in [0.4, 0.5) is 19.1 Å². The van der Waals surface area contributed by atoms with Crippen LogP contribution in [0, 0.1) is 0 Å². The summed E-state index contributed by atoms with van der Waals surface area (Å²) < 4.78 is 40.7. The largest absolute Gasteiger partial charge is 0.416 e. The van der Waals surface area contributed by atoms with E-state index in [0.717, 1.165) is 35.2 Å². The van der Waals surface area contributed by atoms with Crippen molar-refractivity contribution in [3.63, 3.8) is 0 Å². The van der Waals surface area contributed by atoms with E-state index < -0.39 is 17.8 Å². The number of piperazine rings is 1. The summed E-state index contributed by atoms with van der Waals surface area (Å²) in [6.45, 7) is 2.66. The van der Waals surface area contributed by atoms with Gasteiger partial charge in [0, 0.05) is 0 Å². The molecule has 6 nitrogen and oxygen atoms in total. The quantitative estimate of drug-likeness (QED) is 0.619. The molecule has 1 saturated heterocycles. The predicted octanol–water partition coefficient (Wildman–Crippen LogP) is 3.65. The van der Waals surface area contributed by atoms with Crippen molar-refractivity contribution in [2.24, 2.45) is 0 Å². The normalized spacial score (nSPS) is 17.5. The monoisotopic (exact) mass is 432 g/mol. The standard InChI is InChI=1S/C22H25F3N5O/c1-30(2)12-10-29(11-13-30)20(31)19(15-6-5-7-16(14-15)22(23,24)25)28-21-26-17-8-3-4-9-18(17)27-21/h3-9,14,19H,10-13H2,1-2H3,(H2,26,27,28)/q+1. The number of hydrogen-bond donors (Lipinski definition) is 2. The first-order chi connectivity index (χ1) is 14.6. The lowest BCUT2D eigenvalue weighted by atomic mass is 10.0. The highest BCUT2D eigenvalue weighted by Gasteiger charge is 2.35. The molecule has 2 aromatic carbocycles. The summed E-state index contributed by atoms with van der Waals surface area (Å²) in [7, 11) is 4.19. The fraction of sp³-hybridized carbons (Fsp3) is 0.364. The van der Waals surface area contributed by atoms with Crippen molar-refractivity contribution in [3.8, 4) is 0 Å². The minimum Gasteiger partial charge on any atom is -0.340 e. The molecule has 0 radical (unpaired) electrons. The van der Waals surface area contributed by atoms with E-state index in [0.29, 0.717) is 24.6 Å². The van der Waals surface area contributed by atoms with Crippen molar-refractivity contribution in [2.75, 3.05) is 45.6 Å². The van der Waals surface area contributed by atoms with Gasteiger partial charge in [-0.1, -0.05) is 24.3 Å². The molecule has 164 valence electrons. The molecule has 0 aliphatic carbocycles. The van der Waals surface area contributed by atoms with Gasteiger partial charge < -0.3 is 19.7 Å². The Kier molecular flexibility index (Phi) is 5.38. The fourth-order valence-corrected chi connectivity index (χ4v) is 3.75. The van der Waals surface area contributed by atoms with Gasteiger partial charge in [0.1, 0.15) is 6.04 Å². The number of H-pyrrole nitrogens is 1. The highest BCUT2D eigenvalue weighted by Crippen LogP contribution is 2.32. The van der Waals surface area contributed by atoms with Gasteiger partial charge in [0.15, 0.2) is 0 Å². The van der Waals surface area contributed by atoms with Crippen LogP contribution in [-0.4, -0.2) is 65.5 Å². The number of fused-ring (bicyclic) bond motifs is 1. The zero-order valence-electron chi connectivity index (χ0n) is 17.4. The Balaban J connectivity index is 1.67. The first kappa shape index (κ1) is 21.2. The van der Waals surface area contributed by atoms with Crippen LogP contribution < -0.4 is 5.32 Å². The van der Waals surface area contributed by atoms with Gasteiger partial charge in [-0.05, 0) is 29.8 Å². The van der Waals surface area contributed by atoms with Crippen LogP contribution in [0.25, 0.3) is 11.0 Å². The van der Waals surface area contributed by atoms with Crippen LogP contribution in [0.2, 0.25) is 0 Å².